The van der Waals surface area contributed by atoms with Crippen molar-refractivity contribution in [3.05, 3.63) is 94.5 Å². The van der Waals surface area contributed by atoms with Gasteiger partial charge >= 0.3 is 12.1 Å². The van der Waals surface area contributed by atoms with Gasteiger partial charge in [-0.25, -0.2) is 4.79 Å². The summed E-state index contributed by atoms with van der Waals surface area (Å²) in [4.78, 5) is 26.7. The van der Waals surface area contributed by atoms with Crippen molar-refractivity contribution in [2.24, 2.45) is 5.92 Å². The molecule has 1 amide bonds. The molecule has 0 aliphatic heterocycles. The second-order valence-electron chi connectivity index (χ2n) is 8.45. The smallest absolute Gasteiger partial charge is 0.416 e. The van der Waals surface area contributed by atoms with Crippen molar-refractivity contribution in [1.82, 2.24) is 4.90 Å². The predicted octanol–water partition coefficient (Wildman–Crippen LogP) is 6.97. The molecule has 0 aliphatic rings. The van der Waals surface area contributed by atoms with Gasteiger partial charge in [-0.1, -0.05) is 55.8 Å². The molecule has 3 aromatic rings. The van der Waals surface area contributed by atoms with Crippen LogP contribution < -0.4 is 4.74 Å². The topological polar surface area (TPSA) is 90.6 Å². The Morgan fingerprint density at radius 1 is 1.00 bits per heavy atom. The van der Waals surface area contributed by atoms with E-state index in [0.717, 1.165) is 11.0 Å². The zero-order valence-corrected chi connectivity index (χ0v) is 20.5. The van der Waals surface area contributed by atoms with Crippen LogP contribution in [0, 0.1) is 17.2 Å². The van der Waals surface area contributed by atoms with Crippen LogP contribution in [0.3, 0.4) is 0 Å². The van der Waals surface area contributed by atoms with E-state index in [-0.39, 0.29) is 11.1 Å². The van der Waals surface area contributed by atoms with Gasteiger partial charge in [-0.3, -0.25) is 4.79 Å². The molecule has 2 atom stereocenters. The summed E-state index contributed by atoms with van der Waals surface area (Å²) in [6, 6.07) is 16.2. The van der Waals surface area contributed by atoms with Crippen molar-refractivity contribution < 1.29 is 32.6 Å². The number of amides is 1. The number of para-hydroxylation sites is 1. The van der Waals surface area contributed by atoms with Crippen LogP contribution in [0.1, 0.15) is 41.4 Å². The third-order valence-corrected chi connectivity index (χ3v) is 5.81. The first kappa shape index (κ1) is 27.6. The molecule has 0 bridgehead atoms. The monoisotopic (exact) mass is 530 g/mol. The summed E-state index contributed by atoms with van der Waals surface area (Å²) in [5.74, 6) is -2.19. The Balaban J connectivity index is 2.09. The van der Waals surface area contributed by atoms with Gasteiger partial charge in [0, 0.05) is 0 Å². The zero-order chi connectivity index (χ0) is 27.3. The molecule has 0 fully saturated rings. The fraction of sp³-hybridized carbons (Fsp3) is 0.222. The first-order valence-corrected chi connectivity index (χ1v) is 11.5. The van der Waals surface area contributed by atoms with Crippen LogP contribution >= 0.6 is 11.6 Å². The van der Waals surface area contributed by atoms with Crippen molar-refractivity contribution in [1.29, 1.82) is 5.26 Å². The second kappa shape index (κ2) is 11.4. The maximum absolute atomic E-state index is 13.6. The molecule has 3 rings (SSSR count). The lowest BCUT2D eigenvalue weighted by Gasteiger charge is -2.35. The van der Waals surface area contributed by atoms with Crippen LogP contribution in [-0.4, -0.2) is 27.9 Å². The molecule has 10 heteroatoms. The number of nitrogens with zero attached hydrogens (tertiary/aromatic N) is 2. The number of alkyl halides is 3. The Hall–Kier alpha value is -4.03. The van der Waals surface area contributed by atoms with Crippen LogP contribution in [0.25, 0.3) is 0 Å². The number of carboxylic acids is 1. The summed E-state index contributed by atoms with van der Waals surface area (Å²) in [5, 5.41) is 19.5. The maximum atomic E-state index is 13.6. The average Bonchev–Trinajstić information content (AvgIpc) is 2.83. The predicted molar refractivity (Wildman–Crippen MR) is 130 cm³/mol. The molecule has 0 aromatic heterocycles. The quantitative estimate of drug-likeness (QED) is 0.340. The van der Waals surface area contributed by atoms with E-state index in [0.29, 0.717) is 23.6 Å². The number of carboxylic acid groups (broad SMARTS) is 1. The van der Waals surface area contributed by atoms with E-state index in [2.05, 4.69) is 0 Å². The number of nitriles is 1. The minimum absolute atomic E-state index is 0.249. The Kier molecular flexibility index (Phi) is 8.46. The second-order valence-corrected chi connectivity index (χ2v) is 8.86. The van der Waals surface area contributed by atoms with Gasteiger partial charge in [0.15, 0.2) is 0 Å². The van der Waals surface area contributed by atoms with Crippen LogP contribution in [0.2, 0.25) is 5.02 Å². The molecule has 1 N–H and O–H groups in total. The van der Waals surface area contributed by atoms with Crippen molar-refractivity contribution in [2.45, 2.75) is 32.1 Å². The standard InChI is InChI=1S/C27H22ClF3N2O4/c1-16(2)24(26(35)36)33(25(34)21-12-11-18(14-22(21)28)27(29,30)31)23(15-32)17-7-6-10-20(13-17)37-19-8-4-3-5-9-19/h3-14,16,23-24H,1-2H3,(H,35,36)/t23?,24-/m1/s1. The molecular weight excluding hydrogens is 509 g/mol. The third-order valence-electron chi connectivity index (χ3n) is 5.50. The number of hydrogen-bond donors (Lipinski definition) is 1. The molecule has 1 unspecified atom stereocenters. The highest BCUT2D eigenvalue weighted by Gasteiger charge is 2.40. The lowest BCUT2D eigenvalue weighted by Crippen LogP contribution is -2.49. The number of carbonyl (C=O) groups is 2. The Labute approximate surface area is 216 Å². The van der Waals surface area contributed by atoms with Crippen molar-refractivity contribution in [3.8, 4) is 17.6 Å². The van der Waals surface area contributed by atoms with Gasteiger partial charge in [-0.2, -0.15) is 18.4 Å². The van der Waals surface area contributed by atoms with E-state index in [9.17, 15) is 33.1 Å². The molecule has 0 saturated heterocycles. The first-order chi connectivity index (χ1) is 17.4. The molecule has 192 valence electrons. The molecule has 0 radical (unpaired) electrons. The van der Waals surface area contributed by atoms with Crippen LogP contribution in [0.4, 0.5) is 13.2 Å². The Morgan fingerprint density at radius 2 is 1.65 bits per heavy atom. The molecule has 0 saturated carbocycles. The lowest BCUT2D eigenvalue weighted by molar-refractivity contribution is -0.144. The Morgan fingerprint density at radius 3 is 2.19 bits per heavy atom. The summed E-state index contributed by atoms with van der Waals surface area (Å²) in [6.45, 7) is 3.10. The van der Waals surface area contributed by atoms with E-state index >= 15 is 0 Å². The van der Waals surface area contributed by atoms with E-state index in [4.69, 9.17) is 16.3 Å². The number of benzene rings is 3. The van der Waals surface area contributed by atoms with Crippen molar-refractivity contribution >= 4 is 23.5 Å². The first-order valence-electron chi connectivity index (χ1n) is 11.1. The van der Waals surface area contributed by atoms with E-state index < -0.39 is 46.6 Å². The van der Waals surface area contributed by atoms with Gasteiger partial charge in [0.05, 0.1) is 22.2 Å². The minimum Gasteiger partial charge on any atom is -0.480 e. The molecular formula is C27H22ClF3N2O4. The summed E-state index contributed by atoms with van der Waals surface area (Å²) in [5.41, 5.74) is -1.18. The normalized spacial score (nSPS) is 12.9. The van der Waals surface area contributed by atoms with E-state index in [1.807, 2.05) is 12.1 Å². The molecule has 3 aromatic carbocycles. The summed E-state index contributed by atoms with van der Waals surface area (Å²) in [7, 11) is 0. The lowest BCUT2D eigenvalue weighted by atomic mass is 9.96. The van der Waals surface area contributed by atoms with Gasteiger partial charge in [-0.05, 0) is 53.9 Å². The van der Waals surface area contributed by atoms with E-state index in [1.165, 1.54) is 12.1 Å². The number of ether oxygens (including phenoxy) is 1. The summed E-state index contributed by atoms with van der Waals surface area (Å²) >= 11 is 6.05. The van der Waals surface area contributed by atoms with Gasteiger partial charge < -0.3 is 14.7 Å². The molecule has 37 heavy (non-hydrogen) atoms. The molecule has 0 aliphatic carbocycles. The largest absolute Gasteiger partial charge is 0.480 e. The average molecular weight is 531 g/mol. The SMILES string of the molecule is CC(C)[C@H](C(=O)O)N(C(=O)c1ccc(C(F)(F)F)cc1Cl)C(C#N)c1cccc(Oc2ccccc2)c1. The van der Waals surface area contributed by atoms with Crippen LogP contribution in [-0.2, 0) is 11.0 Å². The summed E-state index contributed by atoms with van der Waals surface area (Å²) < 4.78 is 45.1. The maximum Gasteiger partial charge on any atom is 0.416 e. The fourth-order valence-electron chi connectivity index (χ4n) is 3.80. The number of carbonyl (C=O) groups excluding carboxylic acids is 1. The summed E-state index contributed by atoms with van der Waals surface area (Å²) in [6.07, 6.45) is -4.69. The highest BCUT2D eigenvalue weighted by molar-refractivity contribution is 6.34. The van der Waals surface area contributed by atoms with Crippen LogP contribution in [0.15, 0.2) is 72.8 Å². The van der Waals surface area contributed by atoms with Gasteiger partial charge in [0.25, 0.3) is 5.91 Å². The van der Waals surface area contributed by atoms with Gasteiger partial charge in [-0.15, -0.1) is 0 Å². The minimum atomic E-state index is -4.69. The highest BCUT2D eigenvalue weighted by Crippen LogP contribution is 2.35. The molecule has 6 nitrogen and oxygen atoms in total. The number of hydrogen-bond acceptors (Lipinski definition) is 4. The third kappa shape index (κ3) is 6.40. The zero-order valence-electron chi connectivity index (χ0n) is 19.7. The van der Waals surface area contributed by atoms with Gasteiger partial charge in [0.1, 0.15) is 23.6 Å². The molecule has 0 heterocycles. The van der Waals surface area contributed by atoms with Crippen molar-refractivity contribution in [2.75, 3.05) is 0 Å². The highest BCUT2D eigenvalue weighted by atomic mass is 35.5. The fourth-order valence-corrected chi connectivity index (χ4v) is 4.06. The van der Waals surface area contributed by atoms with Gasteiger partial charge in [0.2, 0.25) is 0 Å². The Bertz CT molecular complexity index is 1320. The molecule has 0 spiro atoms. The number of rotatable bonds is 8. The van der Waals surface area contributed by atoms with Crippen molar-refractivity contribution in [3.63, 3.8) is 0 Å². The van der Waals surface area contributed by atoms with E-state index in [1.54, 1.807) is 50.2 Å². The number of halogens is 4. The van der Waals surface area contributed by atoms with Crippen LogP contribution in [0.5, 0.6) is 11.5 Å². The number of aliphatic carboxylic acids is 1.